The molecular formula is C19H15ClN4. The van der Waals surface area contributed by atoms with E-state index in [0.29, 0.717) is 5.15 Å². The van der Waals surface area contributed by atoms with Crippen molar-refractivity contribution in [3.8, 4) is 0 Å². The van der Waals surface area contributed by atoms with Crippen LogP contribution in [0.4, 0.5) is 0 Å². The molecule has 4 rings (SSSR count). The fourth-order valence-corrected chi connectivity index (χ4v) is 2.83. The number of fused-ring (bicyclic) bond motifs is 2. The summed E-state index contributed by atoms with van der Waals surface area (Å²) in [4.78, 5) is 16.9. The third kappa shape index (κ3) is 2.76. The minimum absolute atomic E-state index is 0.0973. The zero-order valence-electron chi connectivity index (χ0n) is 13.1. The highest BCUT2D eigenvalue weighted by Crippen LogP contribution is 2.21. The van der Waals surface area contributed by atoms with Crippen LogP contribution < -0.4 is 0 Å². The minimum Gasteiger partial charge on any atom is -0.340 e. The van der Waals surface area contributed by atoms with Crippen molar-refractivity contribution in [2.24, 2.45) is 4.99 Å². The standard InChI is InChI=1S/C19H15ClN4/c1-12(19-23-16-8-4-5-9-17(16)24-19)21-11-14-10-13-6-2-3-7-15(13)22-18(14)20/h2-12H,1H3,(H,23,24). The molecule has 118 valence electrons. The summed E-state index contributed by atoms with van der Waals surface area (Å²) in [6.07, 6.45) is 1.76. The molecule has 4 aromatic rings. The zero-order valence-corrected chi connectivity index (χ0v) is 13.8. The molecule has 0 aliphatic heterocycles. The van der Waals surface area contributed by atoms with Gasteiger partial charge in [0.25, 0.3) is 0 Å². The van der Waals surface area contributed by atoms with Crippen LogP contribution in [0.15, 0.2) is 59.6 Å². The number of imidazole rings is 1. The molecule has 0 aliphatic rings. The summed E-state index contributed by atoms with van der Waals surface area (Å²) in [5, 5.41) is 1.49. The lowest BCUT2D eigenvalue weighted by molar-refractivity contribution is 0.766. The summed E-state index contributed by atoms with van der Waals surface area (Å²) in [6.45, 7) is 2.00. The molecule has 1 N–H and O–H groups in total. The second kappa shape index (κ2) is 6.06. The van der Waals surface area contributed by atoms with Crippen molar-refractivity contribution >= 4 is 39.8 Å². The van der Waals surface area contributed by atoms with Crippen molar-refractivity contribution in [1.82, 2.24) is 15.0 Å². The van der Waals surface area contributed by atoms with Crippen molar-refractivity contribution in [2.75, 3.05) is 0 Å². The highest BCUT2D eigenvalue weighted by Gasteiger charge is 2.09. The summed E-state index contributed by atoms with van der Waals surface area (Å²) in [5.74, 6) is 0.831. The maximum absolute atomic E-state index is 6.27. The van der Waals surface area contributed by atoms with Gasteiger partial charge in [-0.15, -0.1) is 0 Å². The molecule has 4 nitrogen and oxygen atoms in total. The first-order chi connectivity index (χ1) is 11.7. The van der Waals surface area contributed by atoms with Crippen LogP contribution in [0.3, 0.4) is 0 Å². The summed E-state index contributed by atoms with van der Waals surface area (Å²) >= 11 is 6.27. The van der Waals surface area contributed by atoms with Gasteiger partial charge in [0, 0.05) is 17.2 Å². The van der Waals surface area contributed by atoms with Gasteiger partial charge < -0.3 is 4.98 Å². The van der Waals surface area contributed by atoms with Crippen LogP contribution in [0.25, 0.3) is 21.9 Å². The number of rotatable bonds is 3. The Bertz CT molecular complexity index is 1020. The number of para-hydroxylation sites is 3. The van der Waals surface area contributed by atoms with Crippen LogP contribution in [0, 0.1) is 0 Å². The van der Waals surface area contributed by atoms with Crippen LogP contribution in [-0.2, 0) is 0 Å². The molecule has 1 atom stereocenters. The number of H-pyrrole nitrogens is 1. The number of aromatic nitrogens is 3. The van der Waals surface area contributed by atoms with Crippen LogP contribution in [-0.4, -0.2) is 21.2 Å². The highest BCUT2D eigenvalue weighted by molar-refractivity contribution is 6.32. The number of aromatic amines is 1. The van der Waals surface area contributed by atoms with Crippen molar-refractivity contribution in [2.45, 2.75) is 13.0 Å². The monoisotopic (exact) mass is 334 g/mol. The number of benzene rings is 2. The van der Waals surface area contributed by atoms with E-state index in [4.69, 9.17) is 11.6 Å². The van der Waals surface area contributed by atoms with E-state index in [1.165, 1.54) is 0 Å². The molecule has 2 aromatic heterocycles. The molecular weight excluding hydrogens is 320 g/mol. The lowest BCUT2D eigenvalue weighted by Crippen LogP contribution is -1.95. The van der Waals surface area contributed by atoms with E-state index in [9.17, 15) is 0 Å². The number of halogens is 1. The van der Waals surface area contributed by atoms with E-state index < -0.39 is 0 Å². The third-order valence-corrected chi connectivity index (χ3v) is 4.25. The average Bonchev–Trinajstić information content (AvgIpc) is 3.04. The van der Waals surface area contributed by atoms with Gasteiger partial charge in [-0.05, 0) is 31.2 Å². The van der Waals surface area contributed by atoms with Crippen LogP contribution in [0.2, 0.25) is 5.15 Å². The van der Waals surface area contributed by atoms with E-state index in [1.54, 1.807) is 6.21 Å². The number of nitrogens with zero attached hydrogens (tertiary/aromatic N) is 3. The van der Waals surface area contributed by atoms with Gasteiger partial charge >= 0.3 is 0 Å². The van der Waals surface area contributed by atoms with Crippen LogP contribution >= 0.6 is 11.6 Å². The maximum atomic E-state index is 6.27. The SMILES string of the molecule is CC(N=Cc1cc2ccccc2nc1Cl)c1nc2ccccc2[nH]1. The molecule has 0 radical (unpaired) electrons. The van der Waals surface area contributed by atoms with Gasteiger partial charge in [0.1, 0.15) is 17.0 Å². The van der Waals surface area contributed by atoms with Crippen LogP contribution in [0.5, 0.6) is 0 Å². The Morgan fingerprint density at radius 1 is 1.04 bits per heavy atom. The van der Waals surface area contributed by atoms with E-state index in [2.05, 4.69) is 19.9 Å². The van der Waals surface area contributed by atoms with Gasteiger partial charge in [-0.3, -0.25) is 4.99 Å². The largest absolute Gasteiger partial charge is 0.340 e. The normalized spacial score (nSPS) is 13.1. The second-order valence-corrected chi connectivity index (χ2v) is 6.01. The number of aliphatic imine (C=N–C) groups is 1. The highest BCUT2D eigenvalue weighted by atomic mass is 35.5. The Balaban J connectivity index is 1.65. The molecule has 0 saturated heterocycles. The Labute approximate surface area is 144 Å². The first-order valence-electron chi connectivity index (χ1n) is 7.74. The molecule has 0 fully saturated rings. The number of hydrogen-bond acceptors (Lipinski definition) is 3. The second-order valence-electron chi connectivity index (χ2n) is 5.65. The molecule has 0 bridgehead atoms. The molecule has 2 aromatic carbocycles. The fraction of sp³-hybridized carbons (Fsp3) is 0.105. The molecule has 0 spiro atoms. The Kier molecular flexibility index (Phi) is 3.75. The Morgan fingerprint density at radius 2 is 1.79 bits per heavy atom. The minimum atomic E-state index is -0.0973. The van der Waals surface area contributed by atoms with E-state index in [-0.39, 0.29) is 6.04 Å². The molecule has 5 heteroatoms. The predicted octanol–water partition coefficient (Wildman–Crippen LogP) is 4.94. The number of hydrogen-bond donors (Lipinski definition) is 1. The summed E-state index contributed by atoms with van der Waals surface area (Å²) in [7, 11) is 0. The summed E-state index contributed by atoms with van der Waals surface area (Å²) in [5.41, 5.74) is 3.64. The van der Waals surface area contributed by atoms with Gasteiger partial charge in [-0.1, -0.05) is 41.9 Å². The number of nitrogens with one attached hydrogen (secondary N) is 1. The van der Waals surface area contributed by atoms with Crippen molar-refractivity contribution in [3.05, 3.63) is 71.1 Å². The summed E-state index contributed by atoms with van der Waals surface area (Å²) in [6, 6.07) is 17.7. The van der Waals surface area contributed by atoms with Crippen molar-refractivity contribution in [3.63, 3.8) is 0 Å². The molecule has 24 heavy (non-hydrogen) atoms. The van der Waals surface area contributed by atoms with Gasteiger partial charge in [0.2, 0.25) is 0 Å². The Morgan fingerprint density at radius 3 is 2.62 bits per heavy atom. The maximum Gasteiger partial charge on any atom is 0.138 e. The molecule has 0 saturated carbocycles. The van der Waals surface area contributed by atoms with Gasteiger partial charge in [-0.25, -0.2) is 9.97 Å². The molecule has 0 amide bonds. The van der Waals surface area contributed by atoms with Gasteiger partial charge in [-0.2, -0.15) is 0 Å². The topological polar surface area (TPSA) is 53.9 Å². The zero-order chi connectivity index (χ0) is 16.5. The summed E-state index contributed by atoms with van der Waals surface area (Å²) < 4.78 is 0. The van der Waals surface area contributed by atoms with E-state index >= 15 is 0 Å². The predicted molar refractivity (Wildman–Crippen MR) is 98.9 cm³/mol. The lowest BCUT2D eigenvalue weighted by Gasteiger charge is -2.04. The van der Waals surface area contributed by atoms with Gasteiger partial charge in [0.05, 0.1) is 16.6 Å². The van der Waals surface area contributed by atoms with Crippen molar-refractivity contribution < 1.29 is 0 Å². The quantitative estimate of drug-likeness (QED) is 0.426. The van der Waals surface area contributed by atoms with Crippen LogP contribution in [0.1, 0.15) is 24.4 Å². The van der Waals surface area contributed by atoms with E-state index in [0.717, 1.165) is 33.3 Å². The average molecular weight is 335 g/mol. The first kappa shape index (κ1) is 14.8. The third-order valence-electron chi connectivity index (χ3n) is 3.95. The number of pyridine rings is 1. The smallest absolute Gasteiger partial charge is 0.138 e. The van der Waals surface area contributed by atoms with Crippen molar-refractivity contribution in [1.29, 1.82) is 0 Å². The molecule has 1 unspecified atom stereocenters. The van der Waals surface area contributed by atoms with E-state index in [1.807, 2.05) is 61.5 Å². The lowest BCUT2D eigenvalue weighted by atomic mass is 10.2. The first-order valence-corrected chi connectivity index (χ1v) is 8.11. The Hall–Kier alpha value is -2.72. The molecule has 0 aliphatic carbocycles. The molecule has 2 heterocycles. The fourth-order valence-electron chi connectivity index (χ4n) is 2.63. The van der Waals surface area contributed by atoms with Gasteiger partial charge in [0.15, 0.2) is 0 Å².